The van der Waals surface area contributed by atoms with Crippen LogP contribution in [0.25, 0.3) is 11.5 Å². The van der Waals surface area contributed by atoms with Gasteiger partial charge in [0.15, 0.2) is 5.69 Å². The fraction of sp³-hybridized carbons (Fsp3) is 0.312. The van der Waals surface area contributed by atoms with Crippen LogP contribution in [0.1, 0.15) is 36.5 Å². The van der Waals surface area contributed by atoms with Crippen molar-refractivity contribution in [2.24, 2.45) is 0 Å². The normalized spacial score (nSPS) is 13.4. The zero-order valence-electron chi connectivity index (χ0n) is 12.7. The molecule has 0 fully saturated rings. The van der Waals surface area contributed by atoms with Crippen LogP contribution in [0.15, 0.2) is 34.7 Å². The van der Waals surface area contributed by atoms with E-state index in [0.29, 0.717) is 11.7 Å². The molecule has 116 valence electrons. The van der Waals surface area contributed by atoms with Crippen molar-refractivity contribution in [1.82, 2.24) is 10.3 Å². The number of amides is 1. The average molecular weight is 302 g/mol. The molecule has 0 saturated heterocycles. The van der Waals surface area contributed by atoms with Crippen LogP contribution in [0, 0.1) is 6.92 Å². The Morgan fingerprint density at radius 1 is 1.32 bits per heavy atom. The molecule has 0 bridgehead atoms. The maximum atomic E-state index is 12.3. The number of aliphatic carboxylic acids is 1. The highest BCUT2D eigenvalue weighted by Gasteiger charge is 2.34. The van der Waals surface area contributed by atoms with E-state index >= 15 is 0 Å². The zero-order chi connectivity index (χ0) is 16.3. The van der Waals surface area contributed by atoms with Gasteiger partial charge >= 0.3 is 5.97 Å². The Kier molecular flexibility index (Phi) is 4.30. The third-order valence-electron chi connectivity index (χ3n) is 3.60. The second kappa shape index (κ2) is 6.01. The molecule has 2 N–H and O–H groups in total. The molecule has 0 radical (unpaired) electrons. The minimum Gasteiger partial charge on any atom is -0.480 e. The summed E-state index contributed by atoms with van der Waals surface area (Å²) in [5, 5.41) is 11.7. The molecule has 0 aliphatic carbocycles. The van der Waals surface area contributed by atoms with Gasteiger partial charge in [0.1, 0.15) is 11.3 Å². The molecule has 0 saturated carbocycles. The predicted molar refractivity (Wildman–Crippen MR) is 80.5 cm³/mol. The van der Waals surface area contributed by atoms with Crippen LogP contribution in [0.2, 0.25) is 0 Å². The summed E-state index contributed by atoms with van der Waals surface area (Å²) in [6.07, 6.45) is 0.260. The lowest BCUT2D eigenvalue weighted by molar-refractivity contribution is -0.143. The molecule has 1 heterocycles. The lowest BCUT2D eigenvalue weighted by atomic mass is 9.99. The first kappa shape index (κ1) is 15.8. The van der Waals surface area contributed by atoms with E-state index < -0.39 is 17.4 Å². The molecule has 1 amide bonds. The summed E-state index contributed by atoms with van der Waals surface area (Å²) in [7, 11) is 0. The Morgan fingerprint density at radius 2 is 1.95 bits per heavy atom. The minimum atomic E-state index is -1.34. The van der Waals surface area contributed by atoms with Crippen molar-refractivity contribution in [3.05, 3.63) is 41.8 Å². The number of aromatic nitrogens is 1. The van der Waals surface area contributed by atoms with Crippen molar-refractivity contribution in [3.8, 4) is 11.5 Å². The number of hydrogen-bond donors (Lipinski definition) is 2. The molecule has 22 heavy (non-hydrogen) atoms. The molecular weight excluding hydrogens is 284 g/mol. The van der Waals surface area contributed by atoms with Crippen LogP contribution in [0.4, 0.5) is 0 Å². The van der Waals surface area contributed by atoms with Gasteiger partial charge in [0.2, 0.25) is 5.89 Å². The summed E-state index contributed by atoms with van der Waals surface area (Å²) in [6, 6.07) is 9.19. The highest BCUT2D eigenvalue weighted by atomic mass is 16.4. The van der Waals surface area contributed by atoms with Crippen LogP contribution in [0.3, 0.4) is 0 Å². The number of nitrogens with one attached hydrogen (secondary N) is 1. The topological polar surface area (TPSA) is 92.4 Å². The summed E-state index contributed by atoms with van der Waals surface area (Å²) in [5.41, 5.74) is -0.490. The highest BCUT2D eigenvalue weighted by Crippen LogP contribution is 2.22. The number of carboxylic acid groups (broad SMARTS) is 1. The molecule has 0 unspecified atom stereocenters. The van der Waals surface area contributed by atoms with E-state index in [9.17, 15) is 14.7 Å². The molecule has 2 rings (SSSR count). The van der Waals surface area contributed by atoms with Gasteiger partial charge < -0.3 is 14.8 Å². The van der Waals surface area contributed by atoms with Crippen LogP contribution in [-0.2, 0) is 4.79 Å². The van der Waals surface area contributed by atoms with Crippen LogP contribution >= 0.6 is 0 Å². The molecule has 2 aromatic rings. The second-order valence-electron chi connectivity index (χ2n) is 5.23. The van der Waals surface area contributed by atoms with Gasteiger partial charge in [-0.05, 0) is 32.4 Å². The fourth-order valence-electron chi connectivity index (χ4n) is 1.91. The molecule has 0 spiro atoms. The van der Waals surface area contributed by atoms with Gasteiger partial charge in [0.25, 0.3) is 5.91 Å². The Balaban J connectivity index is 2.28. The number of carbonyl (C=O) groups excluding carboxylic acids is 1. The van der Waals surface area contributed by atoms with Gasteiger partial charge in [0.05, 0.1) is 0 Å². The fourth-order valence-corrected chi connectivity index (χ4v) is 1.91. The molecule has 1 atom stereocenters. The van der Waals surface area contributed by atoms with Crippen LogP contribution in [0.5, 0.6) is 0 Å². The lowest BCUT2D eigenvalue weighted by Gasteiger charge is -2.23. The third-order valence-corrected chi connectivity index (χ3v) is 3.60. The quantitative estimate of drug-likeness (QED) is 0.885. The van der Waals surface area contributed by atoms with Crippen molar-refractivity contribution >= 4 is 11.9 Å². The molecule has 0 aliphatic rings. The van der Waals surface area contributed by atoms with Crippen molar-refractivity contribution < 1.29 is 19.1 Å². The molecule has 0 aliphatic heterocycles. The van der Waals surface area contributed by atoms with Gasteiger partial charge in [-0.1, -0.05) is 25.1 Å². The number of rotatable bonds is 5. The van der Waals surface area contributed by atoms with Crippen molar-refractivity contribution in [2.45, 2.75) is 32.7 Å². The van der Waals surface area contributed by atoms with E-state index in [4.69, 9.17) is 4.42 Å². The molecule has 1 aromatic heterocycles. The first-order chi connectivity index (χ1) is 10.4. The molecule has 6 heteroatoms. The average Bonchev–Trinajstić information content (AvgIpc) is 2.90. The summed E-state index contributed by atoms with van der Waals surface area (Å²) in [5.74, 6) is -0.972. The van der Waals surface area contributed by atoms with Gasteiger partial charge in [0, 0.05) is 5.56 Å². The predicted octanol–water partition coefficient (Wildman–Crippen LogP) is 2.63. The monoisotopic (exact) mass is 302 g/mol. The van der Waals surface area contributed by atoms with Crippen molar-refractivity contribution in [2.75, 3.05) is 0 Å². The van der Waals surface area contributed by atoms with Gasteiger partial charge in [-0.3, -0.25) is 4.79 Å². The number of aryl methyl sites for hydroxylation is 1. The lowest BCUT2D eigenvalue weighted by Crippen LogP contribution is -2.51. The molecule has 6 nitrogen and oxygen atoms in total. The van der Waals surface area contributed by atoms with E-state index in [2.05, 4.69) is 10.3 Å². The number of carbonyl (C=O) groups is 2. The maximum absolute atomic E-state index is 12.3. The molecular formula is C16H18N2O4. The van der Waals surface area contributed by atoms with E-state index in [0.717, 1.165) is 5.56 Å². The number of carboxylic acids is 1. The first-order valence-corrected chi connectivity index (χ1v) is 6.96. The summed E-state index contributed by atoms with van der Waals surface area (Å²) in [6.45, 7) is 4.78. The van der Waals surface area contributed by atoms with Gasteiger partial charge in [-0.15, -0.1) is 0 Å². The zero-order valence-corrected chi connectivity index (χ0v) is 12.7. The largest absolute Gasteiger partial charge is 0.480 e. The Hall–Kier alpha value is -2.63. The molecule has 1 aromatic carbocycles. The SMILES string of the molecule is CC[C@@](C)(NC(=O)c1nc(-c2ccccc2)oc1C)C(=O)O. The van der Waals surface area contributed by atoms with Gasteiger partial charge in [-0.2, -0.15) is 0 Å². The summed E-state index contributed by atoms with van der Waals surface area (Å²) in [4.78, 5) is 27.8. The second-order valence-corrected chi connectivity index (χ2v) is 5.23. The maximum Gasteiger partial charge on any atom is 0.329 e. The van der Waals surface area contributed by atoms with Crippen molar-refractivity contribution in [1.29, 1.82) is 0 Å². The van der Waals surface area contributed by atoms with Gasteiger partial charge in [-0.25, -0.2) is 9.78 Å². The standard InChI is InChI=1S/C16H18N2O4/c1-4-16(3,15(20)21)18-13(19)12-10(2)22-14(17-12)11-8-6-5-7-9-11/h5-9H,4H2,1-3H3,(H,18,19)(H,20,21)/t16-/m1/s1. The first-order valence-electron chi connectivity index (χ1n) is 6.96. The highest BCUT2D eigenvalue weighted by molar-refractivity contribution is 5.97. The minimum absolute atomic E-state index is 0.0970. The van der Waals surface area contributed by atoms with E-state index in [1.165, 1.54) is 6.92 Å². The van der Waals surface area contributed by atoms with E-state index in [1.807, 2.05) is 30.3 Å². The Morgan fingerprint density at radius 3 is 2.50 bits per heavy atom. The Bertz CT molecular complexity index is 693. The smallest absolute Gasteiger partial charge is 0.329 e. The number of benzene rings is 1. The number of nitrogens with zero attached hydrogens (tertiary/aromatic N) is 1. The van der Waals surface area contributed by atoms with E-state index in [1.54, 1.807) is 13.8 Å². The van der Waals surface area contributed by atoms with Crippen LogP contribution < -0.4 is 5.32 Å². The summed E-state index contributed by atoms with van der Waals surface area (Å²) >= 11 is 0. The van der Waals surface area contributed by atoms with Crippen LogP contribution in [-0.4, -0.2) is 27.5 Å². The number of oxazole rings is 1. The van der Waals surface area contributed by atoms with E-state index in [-0.39, 0.29) is 12.1 Å². The number of hydrogen-bond acceptors (Lipinski definition) is 4. The summed E-state index contributed by atoms with van der Waals surface area (Å²) < 4.78 is 5.51. The Labute approximate surface area is 128 Å². The third kappa shape index (κ3) is 3.00. The van der Waals surface area contributed by atoms with Crippen molar-refractivity contribution in [3.63, 3.8) is 0 Å².